The Hall–Kier alpha value is -1.76. The molecule has 1 amide bonds. The van der Waals surface area contributed by atoms with Crippen molar-refractivity contribution in [1.29, 1.82) is 0 Å². The topological polar surface area (TPSA) is 61.6 Å². The van der Waals surface area contributed by atoms with Gasteiger partial charge < -0.3 is 15.2 Å². The molecule has 0 aliphatic rings. The number of para-hydroxylation sites is 1. The fourth-order valence-corrected chi connectivity index (χ4v) is 1.19. The van der Waals surface area contributed by atoms with Gasteiger partial charge in [0.1, 0.15) is 19.0 Å². The maximum atomic E-state index is 11.7. The van der Waals surface area contributed by atoms with E-state index in [9.17, 15) is 18.0 Å². The first kappa shape index (κ1) is 14.3. The van der Waals surface area contributed by atoms with Crippen molar-refractivity contribution in [3.63, 3.8) is 0 Å². The summed E-state index contributed by atoms with van der Waals surface area (Å²) in [5.41, 5.74) is 5.28. The summed E-state index contributed by atoms with van der Waals surface area (Å²) < 4.78 is 44.7. The Bertz CT molecular complexity index is 407. The van der Waals surface area contributed by atoms with Crippen LogP contribution in [0.25, 0.3) is 0 Å². The van der Waals surface area contributed by atoms with Gasteiger partial charge in [-0.3, -0.25) is 4.79 Å². The van der Waals surface area contributed by atoms with Gasteiger partial charge in [-0.2, -0.15) is 13.2 Å². The van der Waals surface area contributed by atoms with E-state index in [-0.39, 0.29) is 24.5 Å². The fraction of sp³-hybridized carbons (Fsp3) is 0.364. The van der Waals surface area contributed by atoms with Crippen LogP contribution in [0.3, 0.4) is 0 Å². The van der Waals surface area contributed by atoms with Crippen LogP contribution in [0.4, 0.5) is 13.2 Å². The van der Waals surface area contributed by atoms with Crippen molar-refractivity contribution >= 4 is 5.91 Å². The molecule has 100 valence electrons. The molecule has 0 aliphatic heterocycles. The summed E-state index contributed by atoms with van der Waals surface area (Å²) in [6, 6.07) is 6.20. The number of amides is 1. The Morgan fingerprint density at radius 1 is 1.22 bits per heavy atom. The molecule has 1 aromatic carbocycles. The fourth-order valence-electron chi connectivity index (χ4n) is 1.19. The summed E-state index contributed by atoms with van der Waals surface area (Å²) in [6.45, 7) is -1.65. The van der Waals surface area contributed by atoms with Crippen molar-refractivity contribution in [2.45, 2.75) is 6.18 Å². The van der Waals surface area contributed by atoms with Crippen LogP contribution in [0.1, 0.15) is 10.4 Å². The molecule has 0 atom stereocenters. The Kier molecular flexibility index (Phi) is 4.96. The molecule has 0 aliphatic carbocycles. The summed E-state index contributed by atoms with van der Waals surface area (Å²) in [5, 5.41) is 0. The lowest BCUT2D eigenvalue weighted by atomic mass is 10.2. The number of hydrogen-bond donors (Lipinski definition) is 1. The van der Waals surface area contributed by atoms with E-state index in [0.717, 1.165) is 0 Å². The molecule has 0 unspecified atom stereocenters. The second-order valence-electron chi connectivity index (χ2n) is 3.38. The van der Waals surface area contributed by atoms with E-state index in [1.165, 1.54) is 12.1 Å². The minimum atomic E-state index is -4.36. The molecule has 7 heteroatoms. The average Bonchev–Trinajstić information content (AvgIpc) is 2.27. The van der Waals surface area contributed by atoms with E-state index in [1.54, 1.807) is 12.1 Å². The van der Waals surface area contributed by atoms with Gasteiger partial charge in [-0.25, -0.2) is 0 Å². The molecule has 0 radical (unpaired) electrons. The maximum absolute atomic E-state index is 11.7. The molecule has 0 aromatic heterocycles. The van der Waals surface area contributed by atoms with Gasteiger partial charge in [0.2, 0.25) is 0 Å². The molecule has 0 bridgehead atoms. The zero-order chi connectivity index (χ0) is 13.6. The number of carbonyl (C=O) groups excluding carboxylic acids is 1. The maximum Gasteiger partial charge on any atom is 0.411 e. The largest absolute Gasteiger partial charge is 0.490 e. The number of rotatable bonds is 6. The van der Waals surface area contributed by atoms with E-state index in [2.05, 4.69) is 4.74 Å². The third kappa shape index (κ3) is 5.05. The van der Waals surface area contributed by atoms with Gasteiger partial charge in [0, 0.05) is 0 Å². The highest BCUT2D eigenvalue weighted by Crippen LogP contribution is 2.17. The molecule has 0 fully saturated rings. The average molecular weight is 263 g/mol. The molecule has 2 N–H and O–H groups in total. The lowest BCUT2D eigenvalue weighted by Crippen LogP contribution is -2.20. The van der Waals surface area contributed by atoms with Gasteiger partial charge in [-0.05, 0) is 12.1 Å². The van der Waals surface area contributed by atoms with Gasteiger partial charge in [0.25, 0.3) is 5.91 Å². The van der Waals surface area contributed by atoms with Gasteiger partial charge in [0.05, 0.1) is 12.2 Å². The molecule has 0 saturated heterocycles. The highest BCUT2D eigenvalue weighted by molar-refractivity contribution is 5.95. The van der Waals surface area contributed by atoms with Crippen LogP contribution in [0.15, 0.2) is 24.3 Å². The van der Waals surface area contributed by atoms with Crippen molar-refractivity contribution in [2.24, 2.45) is 5.73 Å². The van der Waals surface area contributed by atoms with Crippen LogP contribution in [-0.4, -0.2) is 31.9 Å². The zero-order valence-electron chi connectivity index (χ0n) is 9.37. The first-order chi connectivity index (χ1) is 8.40. The third-order valence-electron chi connectivity index (χ3n) is 1.90. The molecular weight excluding hydrogens is 251 g/mol. The summed E-state index contributed by atoms with van der Waals surface area (Å²) in [5.74, 6) is -0.442. The standard InChI is InChI=1S/C11H12F3NO3/c12-11(13,14)7-17-5-6-18-9-4-2-1-3-8(9)10(15)16/h1-4H,5-7H2,(H2,15,16). The SMILES string of the molecule is NC(=O)c1ccccc1OCCOCC(F)(F)F. The van der Waals surface area contributed by atoms with Gasteiger partial charge in [-0.15, -0.1) is 0 Å². The van der Waals surface area contributed by atoms with Crippen LogP contribution < -0.4 is 10.5 Å². The van der Waals surface area contributed by atoms with E-state index in [0.29, 0.717) is 0 Å². The second kappa shape index (κ2) is 6.25. The predicted octanol–water partition coefficient (Wildman–Crippen LogP) is 1.74. The number of benzene rings is 1. The molecule has 0 heterocycles. The van der Waals surface area contributed by atoms with Crippen LogP contribution in [-0.2, 0) is 4.74 Å². The van der Waals surface area contributed by atoms with Crippen LogP contribution in [0.5, 0.6) is 5.75 Å². The first-order valence-corrected chi connectivity index (χ1v) is 5.06. The molecule has 1 rings (SSSR count). The lowest BCUT2D eigenvalue weighted by molar-refractivity contribution is -0.175. The van der Waals surface area contributed by atoms with Crippen LogP contribution in [0.2, 0.25) is 0 Å². The number of primary amides is 1. The number of halogens is 3. The molecule has 0 saturated carbocycles. The van der Waals surface area contributed by atoms with Crippen LogP contribution in [0, 0.1) is 0 Å². The molecule has 4 nitrogen and oxygen atoms in total. The number of ether oxygens (including phenoxy) is 2. The van der Waals surface area contributed by atoms with E-state index >= 15 is 0 Å². The van der Waals surface area contributed by atoms with Gasteiger partial charge in [0.15, 0.2) is 0 Å². The third-order valence-corrected chi connectivity index (χ3v) is 1.90. The zero-order valence-corrected chi connectivity index (χ0v) is 9.37. The Balaban J connectivity index is 2.38. The van der Waals surface area contributed by atoms with Crippen molar-refractivity contribution in [3.8, 4) is 5.75 Å². The number of alkyl halides is 3. The van der Waals surface area contributed by atoms with Crippen molar-refractivity contribution in [3.05, 3.63) is 29.8 Å². The van der Waals surface area contributed by atoms with Crippen molar-refractivity contribution in [1.82, 2.24) is 0 Å². The second-order valence-corrected chi connectivity index (χ2v) is 3.38. The smallest absolute Gasteiger partial charge is 0.411 e. The summed E-state index contributed by atoms with van der Waals surface area (Å²) in [7, 11) is 0. The Morgan fingerprint density at radius 2 is 1.89 bits per heavy atom. The predicted molar refractivity (Wildman–Crippen MR) is 57.3 cm³/mol. The summed E-state index contributed by atoms with van der Waals surface area (Å²) in [6.07, 6.45) is -4.36. The highest BCUT2D eigenvalue weighted by atomic mass is 19.4. The summed E-state index contributed by atoms with van der Waals surface area (Å²) in [4.78, 5) is 11.0. The van der Waals surface area contributed by atoms with Crippen molar-refractivity contribution in [2.75, 3.05) is 19.8 Å². The quantitative estimate of drug-likeness (QED) is 0.795. The van der Waals surface area contributed by atoms with E-state index in [1.807, 2.05) is 0 Å². The molecule has 1 aromatic rings. The Morgan fingerprint density at radius 3 is 2.50 bits per heavy atom. The summed E-state index contributed by atoms with van der Waals surface area (Å²) >= 11 is 0. The van der Waals surface area contributed by atoms with E-state index in [4.69, 9.17) is 10.5 Å². The molecular formula is C11H12F3NO3. The van der Waals surface area contributed by atoms with Crippen molar-refractivity contribution < 1.29 is 27.4 Å². The number of hydrogen-bond acceptors (Lipinski definition) is 3. The normalized spacial score (nSPS) is 11.3. The van der Waals surface area contributed by atoms with Gasteiger partial charge in [-0.1, -0.05) is 12.1 Å². The first-order valence-electron chi connectivity index (χ1n) is 5.06. The minimum absolute atomic E-state index is 0.0969. The minimum Gasteiger partial charge on any atom is -0.490 e. The Labute approximate surface area is 101 Å². The molecule has 0 spiro atoms. The monoisotopic (exact) mass is 263 g/mol. The van der Waals surface area contributed by atoms with E-state index < -0.39 is 18.7 Å². The highest BCUT2D eigenvalue weighted by Gasteiger charge is 2.27. The number of carbonyl (C=O) groups is 1. The number of nitrogens with two attached hydrogens (primary N) is 1. The van der Waals surface area contributed by atoms with Gasteiger partial charge >= 0.3 is 6.18 Å². The lowest BCUT2D eigenvalue weighted by Gasteiger charge is -2.10. The molecule has 18 heavy (non-hydrogen) atoms. The van der Waals surface area contributed by atoms with Crippen LogP contribution >= 0.6 is 0 Å².